The first-order chi connectivity index (χ1) is 7.81. The van der Waals surface area contributed by atoms with Gasteiger partial charge in [-0.05, 0) is 36.7 Å². The molecule has 0 spiro atoms. The SMILES string of the molecule is N#Cc1ccc(Cl)c(C2COCCCN2)c1. The van der Waals surface area contributed by atoms with Crippen LogP contribution in [0, 0.1) is 11.3 Å². The van der Waals surface area contributed by atoms with Gasteiger partial charge in [-0.2, -0.15) is 5.26 Å². The molecule has 1 heterocycles. The van der Waals surface area contributed by atoms with E-state index < -0.39 is 0 Å². The van der Waals surface area contributed by atoms with Gasteiger partial charge in [-0.3, -0.25) is 0 Å². The van der Waals surface area contributed by atoms with E-state index in [1.807, 2.05) is 6.07 Å². The average Bonchev–Trinajstić information content (AvgIpc) is 2.58. The van der Waals surface area contributed by atoms with Gasteiger partial charge in [-0.25, -0.2) is 0 Å². The van der Waals surface area contributed by atoms with Gasteiger partial charge in [0.25, 0.3) is 0 Å². The van der Waals surface area contributed by atoms with E-state index in [1.165, 1.54) is 0 Å². The standard InChI is InChI=1S/C12H13ClN2O/c13-11-3-2-9(7-14)6-10(11)12-8-16-5-1-4-15-12/h2-3,6,12,15H,1,4-5,8H2. The molecule has 1 aromatic rings. The number of benzene rings is 1. The molecule has 1 aromatic carbocycles. The molecule has 1 unspecified atom stereocenters. The van der Waals surface area contributed by atoms with Crippen molar-refractivity contribution >= 4 is 11.6 Å². The molecule has 3 nitrogen and oxygen atoms in total. The van der Waals surface area contributed by atoms with Gasteiger partial charge in [0.15, 0.2) is 0 Å². The highest BCUT2D eigenvalue weighted by atomic mass is 35.5. The molecule has 16 heavy (non-hydrogen) atoms. The third kappa shape index (κ3) is 2.53. The molecule has 4 heteroatoms. The highest BCUT2D eigenvalue weighted by Gasteiger charge is 2.17. The van der Waals surface area contributed by atoms with Gasteiger partial charge < -0.3 is 10.1 Å². The lowest BCUT2D eigenvalue weighted by Crippen LogP contribution is -2.23. The van der Waals surface area contributed by atoms with Gasteiger partial charge in [0, 0.05) is 11.6 Å². The van der Waals surface area contributed by atoms with Crippen molar-refractivity contribution in [3.8, 4) is 6.07 Å². The summed E-state index contributed by atoms with van der Waals surface area (Å²) < 4.78 is 5.49. The Morgan fingerprint density at radius 1 is 1.50 bits per heavy atom. The molecule has 1 N–H and O–H groups in total. The second kappa shape index (κ2) is 5.31. The monoisotopic (exact) mass is 236 g/mol. The lowest BCUT2D eigenvalue weighted by atomic mass is 10.0. The zero-order chi connectivity index (χ0) is 11.4. The van der Waals surface area contributed by atoms with Gasteiger partial charge in [0.05, 0.1) is 24.3 Å². The maximum atomic E-state index is 8.86. The molecule has 0 bridgehead atoms. The second-order valence-electron chi connectivity index (χ2n) is 3.78. The summed E-state index contributed by atoms with van der Waals surface area (Å²) in [6, 6.07) is 7.53. The third-order valence-electron chi connectivity index (χ3n) is 2.64. The number of hydrogen-bond acceptors (Lipinski definition) is 3. The third-order valence-corrected chi connectivity index (χ3v) is 2.99. The van der Waals surface area contributed by atoms with E-state index >= 15 is 0 Å². The average molecular weight is 237 g/mol. The van der Waals surface area contributed by atoms with Gasteiger partial charge in [-0.15, -0.1) is 0 Å². The quantitative estimate of drug-likeness (QED) is 0.814. The molecule has 0 aliphatic carbocycles. The topological polar surface area (TPSA) is 45.0 Å². The summed E-state index contributed by atoms with van der Waals surface area (Å²) in [6.07, 6.45) is 1.01. The van der Waals surface area contributed by atoms with Crippen LogP contribution in [0.15, 0.2) is 18.2 Å². The van der Waals surface area contributed by atoms with Crippen LogP contribution >= 0.6 is 11.6 Å². The van der Waals surface area contributed by atoms with Crippen LogP contribution in [0.1, 0.15) is 23.6 Å². The van der Waals surface area contributed by atoms with Gasteiger partial charge >= 0.3 is 0 Å². The zero-order valence-electron chi connectivity index (χ0n) is 8.87. The number of hydrogen-bond donors (Lipinski definition) is 1. The van der Waals surface area contributed by atoms with E-state index in [-0.39, 0.29) is 6.04 Å². The molecule has 0 radical (unpaired) electrons. The van der Waals surface area contributed by atoms with Crippen LogP contribution in [-0.2, 0) is 4.74 Å². The zero-order valence-corrected chi connectivity index (χ0v) is 9.63. The Labute approximate surface area is 100.0 Å². The fourth-order valence-corrected chi connectivity index (χ4v) is 2.04. The Morgan fingerprint density at radius 3 is 3.19 bits per heavy atom. The Bertz CT molecular complexity index is 406. The summed E-state index contributed by atoms with van der Waals surface area (Å²) in [5.74, 6) is 0. The van der Waals surface area contributed by atoms with Crippen LogP contribution in [0.5, 0.6) is 0 Å². The van der Waals surface area contributed by atoms with E-state index in [0.29, 0.717) is 17.2 Å². The lowest BCUT2D eigenvalue weighted by molar-refractivity contribution is 0.131. The first-order valence-electron chi connectivity index (χ1n) is 5.32. The maximum absolute atomic E-state index is 8.86. The lowest BCUT2D eigenvalue weighted by Gasteiger charge is -2.17. The van der Waals surface area contributed by atoms with Gasteiger partial charge in [0.1, 0.15) is 0 Å². The first kappa shape index (κ1) is 11.4. The normalized spacial score (nSPS) is 21.1. The fraction of sp³-hybridized carbons (Fsp3) is 0.417. The van der Waals surface area contributed by atoms with Crippen molar-refractivity contribution < 1.29 is 4.74 Å². The van der Waals surface area contributed by atoms with E-state index in [1.54, 1.807) is 12.1 Å². The van der Waals surface area contributed by atoms with Gasteiger partial charge in [-0.1, -0.05) is 11.6 Å². The van der Waals surface area contributed by atoms with Crippen molar-refractivity contribution in [2.24, 2.45) is 0 Å². The number of nitriles is 1. The van der Waals surface area contributed by atoms with Crippen LogP contribution in [0.25, 0.3) is 0 Å². The Morgan fingerprint density at radius 2 is 2.38 bits per heavy atom. The van der Waals surface area contributed by atoms with Crippen molar-refractivity contribution in [2.75, 3.05) is 19.8 Å². The Hall–Kier alpha value is -1.08. The Balaban J connectivity index is 2.27. The molecule has 1 fully saturated rings. The minimum absolute atomic E-state index is 0.0864. The minimum Gasteiger partial charge on any atom is -0.379 e. The van der Waals surface area contributed by atoms with Crippen molar-refractivity contribution in [3.05, 3.63) is 34.3 Å². The smallest absolute Gasteiger partial charge is 0.0991 e. The summed E-state index contributed by atoms with van der Waals surface area (Å²) in [5.41, 5.74) is 1.58. The second-order valence-corrected chi connectivity index (χ2v) is 4.19. The Kier molecular flexibility index (Phi) is 3.79. The summed E-state index contributed by atoms with van der Waals surface area (Å²) in [6.45, 7) is 2.30. The molecule has 1 aliphatic rings. The molecule has 0 aromatic heterocycles. The molecule has 0 saturated carbocycles. The number of ether oxygens (including phenoxy) is 1. The highest BCUT2D eigenvalue weighted by molar-refractivity contribution is 6.31. The first-order valence-corrected chi connectivity index (χ1v) is 5.70. The molecule has 1 atom stereocenters. The van der Waals surface area contributed by atoms with Gasteiger partial charge in [0.2, 0.25) is 0 Å². The number of halogens is 1. The van der Waals surface area contributed by atoms with Crippen LogP contribution in [-0.4, -0.2) is 19.8 Å². The summed E-state index contributed by atoms with van der Waals surface area (Å²) >= 11 is 6.13. The van der Waals surface area contributed by atoms with E-state index in [0.717, 1.165) is 25.1 Å². The molecular formula is C12H13ClN2O. The van der Waals surface area contributed by atoms with Crippen molar-refractivity contribution in [3.63, 3.8) is 0 Å². The molecule has 1 saturated heterocycles. The van der Waals surface area contributed by atoms with Crippen molar-refractivity contribution in [1.82, 2.24) is 5.32 Å². The summed E-state index contributed by atoms with van der Waals surface area (Å²) in [4.78, 5) is 0. The van der Waals surface area contributed by atoms with Crippen molar-refractivity contribution in [2.45, 2.75) is 12.5 Å². The predicted octanol–water partition coefficient (Wildman–Crippen LogP) is 2.26. The maximum Gasteiger partial charge on any atom is 0.0991 e. The fourth-order valence-electron chi connectivity index (χ4n) is 1.79. The molecular weight excluding hydrogens is 224 g/mol. The molecule has 1 aliphatic heterocycles. The van der Waals surface area contributed by atoms with Crippen LogP contribution in [0.4, 0.5) is 0 Å². The number of nitrogens with zero attached hydrogens (tertiary/aromatic N) is 1. The molecule has 0 amide bonds. The summed E-state index contributed by atoms with van der Waals surface area (Å²) in [7, 11) is 0. The number of rotatable bonds is 1. The van der Waals surface area contributed by atoms with E-state index in [2.05, 4.69) is 11.4 Å². The van der Waals surface area contributed by atoms with E-state index in [9.17, 15) is 0 Å². The molecule has 2 rings (SSSR count). The summed E-state index contributed by atoms with van der Waals surface area (Å²) in [5, 5.41) is 12.9. The largest absolute Gasteiger partial charge is 0.379 e. The highest BCUT2D eigenvalue weighted by Crippen LogP contribution is 2.25. The van der Waals surface area contributed by atoms with E-state index in [4.69, 9.17) is 21.6 Å². The molecule has 84 valence electrons. The predicted molar refractivity (Wildman–Crippen MR) is 62.3 cm³/mol. The minimum atomic E-state index is 0.0864. The van der Waals surface area contributed by atoms with Crippen LogP contribution in [0.3, 0.4) is 0 Å². The number of nitrogens with one attached hydrogen (secondary N) is 1. The van der Waals surface area contributed by atoms with Crippen LogP contribution < -0.4 is 5.32 Å². The van der Waals surface area contributed by atoms with Crippen molar-refractivity contribution in [1.29, 1.82) is 5.26 Å². The van der Waals surface area contributed by atoms with Crippen LogP contribution in [0.2, 0.25) is 5.02 Å².